The van der Waals surface area contributed by atoms with E-state index in [2.05, 4.69) is 13.8 Å². The van der Waals surface area contributed by atoms with E-state index in [1.54, 1.807) is 6.26 Å². The van der Waals surface area contributed by atoms with Gasteiger partial charge in [-0.3, -0.25) is 0 Å². The molecule has 2 N–H and O–H groups in total. The molecule has 0 aliphatic heterocycles. The van der Waals surface area contributed by atoms with Crippen LogP contribution in [0.4, 0.5) is 0 Å². The smallest absolute Gasteiger partial charge is 0.123 e. The van der Waals surface area contributed by atoms with Gasteiger partial charge in [0.2, 0.25) is 0 Å². The van der Waals surface area contributed by atoms with Crippen molar-refractivity contribution in [3.8, 4) is 0 Å². The van der Waals surface area contributed by atoms with Gasteiger partial charge in [0.25, 0.3) is 0 Å². The van der Waals surface area contributed by atoms with Crippen LogP contribution in [0.5, 0.6) is 0 Å². The minimum absolute atomic E-state index is 0.0729. The third-order valence-corrected chi connectivity index (χ3v) is 2.54. The highest BCUT2D eigenvalue weighted by Crippen LogP contribution is 2.22. The van der Waals surface area contributed by atoms with Crippen molar-refractivity contribution in [3.05, 3.63) is 23.7 Å². The number of hydrogen-bond donors (Lipinski definition) is 1. The van der Waals surface area contributed by atoms with Gasteiger partial charge >= 0.3 is 0 Å². The molecule has 1 heterocycles. The normalized spacial score (nSPS) is 13.5. The van der Waals surface area contributed by atoms with Gasteiger partial charge in [0, 0.05) is 0 Å². The lowest BCUT2D eigenvalue weighted by atomic mass is 10.0. The van der Waals surface area contributed by atoms with Gasteiger partial charge in [0.05, 0.1) is 12.3 Å². The van der Waals surface area contributed by atoms with Crippen LogP contribution in [-0.2, 0) is 0 Å². The Balaban J connectivity index is 2.36. The first-order chi connectivity index (χ1) is 6.61. The van der Waals surface area contributed by atoms with E-state index in [0.717, 1.165) is 18.1 Å². The average molecular weight is 195 g/mol. The Morgan fingerprint density at radius 2 is 2.07 bits per heavy atom. The van der Waals surface area contributed by atoms with Gasteiger partial charge in [-0.1, -0.05) is 26.7 Å². The van der Waals surface area contributed by atoms with Gasteiger partial charge in [0.1, 0.15) is 5.76 Å². The molecule has 0 radical (unpaired) electrons. The summed E-state index contributed by atoms with van der Waals surface area (Å²) in [5.74, 6) is 1.72. The Hall–Kier alpha value is -0.760. The second-order valence-corrected chi connectivity index (χ2v) is 4.40. The molecule has 1 atom stereocenters. The van der Waals surface area contributed by atoms with Crippen molar-refractivity contribution in [1.82, 2.24) is 0 Å². The summed E-state index contributed by atoms with van der Waals surface area (Å²) in [5.41, 5.74) is 7.20. The van der Waals surface area contributed by atoms with Gasteiger partial charge in [-0.2, -0.15) is 0 Å². The number of aryl methyl sites for hydroxylation is 1. The average Bonchev–Trinajstić information content (AvgIpc) is 2.50. The molecule has 1 unspecified atom stereocenters. The number of nitrogens with two attached hydrogens (primary N) is 1. The van der Waals surface area contributed by atoms with Gasteiger partial charge in [-0.25, -0.2) is 0 Å². The quantitative estimate of drug-likeness (QED) is 0.782. The van der Waals surface area contributed by atoms with Crippen molar-refractivity contribution in [1.29, 1.82) is 0 Å². The van der Waals surface area contributed by atoms with E-state index in [4.69, 9.17) is 10.2 Å². The summed E-state index contributed by atoms with van der Waals surface area (Å²) >= 11 is 0. The highest BCUT2D eigenvalue weighted by atomic mass is 16.3. The molecule has 1 rings (SSSR count). The van der Waals surface area contributed by atoms with Gasteiger partial charge < -0.3 is 10.2 Å². The monoisotopic (exact) mass is 195 g/mol. The number of furan rings is 1. The van der Waals surface area contributed by atoms with Crippen molar-refractivity contribution in [2.24, 2.45) is 11.7 Å². The summed E-state index contributed by atoms with van der Waals surface area (Å²) < 4.78 is 5.36. The van der Waals surface area contributed by atoms with Crippen molar-refractivity contribution in [3.63, 3.8) is 0 Å². The van der Waals surface area contributed by atoms with E-state index in [9.17, 15) is 0 Å². The minimum atomic E-state index is 0.0729. The molecule has 80 valence electrons. The second kappa shape index (κ2) is 5.20. The molecule has 1 aromatic heterocycles. The third kappa shape index (κ3) is 3.18. The summed E-state index contributed by atoms with van der Waals surface area (Å²) in [4.78, 5) is 0. The van der Waals surface area contributed by atoms with Crippen LogP contribution in [0.3, 0.4) is 0 Å². The van der Waals surface area contributed by atoms with Crippen molar-refractivity contribution < 1.29 is 4.42 Å². The summed E-state index contributed by atoms with van der Waals surface area (Å²) in [6.07, 6.45) is 5.16. The zero-order valence-electron chi connectivity index (χ0n) is 9.42. The fourth-order valence-corrected chi connectivity index (χ4v) is 1.64. The van der Waals surface area contributed by atoms with E-state index in [1.807, 2.05) is 13.0 Å². The van der Waals surface area contributed by atoms with E-state index in [1.165, 1.54) is 18.4 Å². The molecule has 1 aromatic rings. The van der Waals surface area contributed by atoms with Crippen LogP contribution in [-0.4, -0.2) is 0 Å². The zero-order valence-corrected chi connectivity index (χ0v) is 9.42. The maximum Gasteiger partial charge on any atom is 0.123 e. The highest BCUT2D eigenvalue weighted by molar-refractivity contribution is 5.17. The van der Waals surface area contributed by atoms with Crippen LogP contribution < -0.4 is 5.73 Å². The molecule has 2 heteroatoms. The summed E-state index contributed by atoms with van der Waals surface area (Å²) in [7, 11) is 0. The predicted octanol–water partition coefficient (Wildman–Crippen LogP) is 3.41. The summed E-state index contributed by atoms with van der Waals surface area (Å²) in [6, 6.07) is 2.04. The fourth-order valence-electron chi connectivity index (χ4n) is 1.64. The third-order valence-electron chi connectivity index (χ3n) is 2.54. The van der Waals surface area contributed by atoms with E-state index >= 15 is 0 Å². The SMILES string of the molecule is Cc1ccoc1C(N)CCCC(C)C. The predicted molar refractivity (Wildman–Crippen MR) is 59.1 cm³/mol. The standard InChI is InChI=1S/C12H21NO/c1-9(2)5-4-6-11(13)12-10(3)7-8-14-12/h7-9,11H,4-6,13H2,1-3H3. The Kier molecular flexibility index (Phi) is 4.21. The number of rotatable bonds is 5. The Labute approximate surface area is 86.5 Å². The van der Waals surface area contributed by atoms with Crippen LogP contribution in [0.1, 0.15) is 50.5 Å². The highest BCUT2D eigenvalue weighted by Gasteiger charge is 2.11. The van der Waals surface area contributed by atoms with Gasteiger partial charge in [-0.15, -0.1) is 0 Å². The van der Waals surface area contributed by atoms with Crippen LogP contribution in [0.2, 0.25) is 0 Å². The molecular formula is C12H21NO. The molecule has 0 amide bonds. The van der Waals surface area contributed by atoms with E-state index in [0.29, 0.717) is 0 Å². The van der Waals surface area contributed by atoms with Crippen molar-refractivity contribution in [2.75, 3.05) is 0 Å². The first-order valence-electron chi connectivity index (χ1n) is 5.41. The van der Waals surface area contributed by atoms with E-state index < -0.39 is 0 Å². The molecule has 0 fully saturated rings. The Bertz CT molecular complexity index is 265. The van der Waals surface area contributed by atoms with E-state index in [-0.39, 0.29) is 6.04 Å². The Morgan fingerprint density at radius 3 is 2.57 bits per heavy atom. The molecule has 0 spiro atoms. The molecule has 0 aromatic carbocycles. The molecule has 0 saturated heterocycles. The molecule has 2 nitrogen and oxygen atoms in total. The maximum absolute atomic E-state index is 6.03. The fraction of sp³-hybridized carbons (Fsp3) is 0.667. The lowest BCUT2D eigenvalue weighted by molar-refractivity contribution is 0.426. The topological polar surface area (TPSA) is 39.2 Å². The number of hydrogen-bond acceptors (Lipinski definition) is 2. The first kappa shape index (κ1) is 11.3. The van der Waals surface area contributed by atoms with Gasteiger partial charge in [0.15, 0.2) is 0 Å². The minimum Gasteiger partial charge on any atom is -0.467 e. The van der Waals surface area contributed by atoms with Crippen LogP contribution >= 0.6 is 0 Å². The van der Waals surface area contributed by atoms with Crippen LogP contribution in [0.15, 0.2) is 16.7 Å². The molecule has 0 aliphatic carbocycles. The van der Waals surface area contributed by atoms with Crippen LogP contribution in [0, 0.1) is 12.8 Å². The molecule has 0 saturated carbocycles. The maximum atomic E-state index is 6.03. The summed E-state index contributed by atoms with van der Waals surface area (Å²) in [5, 5.41) is 0. The van der Waals surface area contributed by atoms with Gasteiger partial charge in [-0.05, 0) is 30.9 Å². The lowest BCUT2D eigenvalue weighted by Crippen LogP contribution is -2.10. The molecular weight excluding hydrogens is 174 g/mol. The van der Waals surface area contributed by atoms with Crippen molar-refractivity contribution >= 4 is 0 Å². The molecule has 14 heavy (non-hydrogen) atoms. The first-order valence-corrected chi connectivity index (χ1v) is 5.41. The Morgan fingerprint density at radius 1 is 1.36 bits per heavy atom. The molecule has 0 aliphatic rings. The second-order valence-electron chi connectivity index (χ2n) is 4.40. The van der Waals surface area contributed by atoms with Crippen molar-refractivity contribution in [2.45, 2.75) is 46.1 Å². The zero-order chi connectivity index (χ0) is 10.6. The lowest BCUT2D eigenvalue weighted by Gasteiger charge is -2.10. The molecule has 0 bridgehead atoms. The van der Waals surface area contributed by atoms with Crippen LogP contribution in [0.25, 0.3) is 0 Å². The summed E-state index contributed by atoms with van der Waals surface area (Å²) in [6.45, 7) is 6.52. The largest absolute Gasteiger partial charge is 0.467 e.